The Kier molecular flexibility index (Phi) is 13.0. The van der Waals surface area contributed by atoms with Crippen LogP contribution in [0.15, 0.2) is 24.3 Å². The third kappa shape index (κ3) is 7.60. The Morgan fingerprint density at radius 2 is 1.69 bits per heavy atom. The second kappa shape index (κ2) is 14.8. The average Bonchev–Trinajstić information content (AvgIpc) is 3.20. The zero-order valence-corrected chi connectivity index (χ0v) is 27.2. The second-order valence-electron chi connectivity index (χ2n) is 11.3. The first kappa shape index (κ1) is 36.8. The molecule has 0 aliphatic carbocycles. The fourth-order valence-corrected chi connectivity index (χ4v) is 4.97. The molecule has 3 rings (SSSR count). The van der Waals surface area contributed by atoms with Crippen LogP contribution in [-0.4, -0.2) is 94.9 Å². The zero-order chi connectivity index (χ0) is 29.9. The van der Waals surface area contributed by atoms with Gasteiger partial charge in [0.05, 0.1) is 18.7 Å². The Labute approximate surface area is 260 Å². The molecule has 2 aromatic carbocycles. The molecule has 0 saturated carbocycles. The van der Waals surface area contributed by atoms with Crippen molar-refractivity contribution >= 4 is 59.5 Å². The summed E-state index contributed by atoms with van der Waals surface area (Å²) in [5.74, 6) is -0.469. The molecule has 0 saturated heterocycles. The Bertz CT molecular complexity index is 1340. The van der Waals surface area contributed by atoms with E-state index in [1.807, 2.05) is 45.8 Å². The lowest BCUT2D eigenvalue weighted by atomic mass is 9.80. The Balaban J connectivity index is 0.00000441. The molecule has 0 spiro atoms. The van der Waals surface area contributed by atoms with Gasteiger partial charge in [-0.2, -0.15) is 0 Å². The van der Waals surface area contributed by atoms with Gasteiger partial charge in [0, 0.05) is 76.5 Å². The minimum absolute atomic E-state index is 0. The van der Waals surface area contributed by atoms with Crippen LogP contribution in [0.4, 0.5) is 11.4 Å². The fourth-order valence-electron chi connectivity index (χ4n) is 4.97. The molecular formula is C30H43Cl2N5O5. The molecule has 10 nitrogen and oxygen atoms in total. The Hall–Kier alpha value is -3.18. The van der Waals surface area contributed by atoms with E-state index in [1.165, 1.54) is 7.11 Å². The number of nitrogens with zero attached hydrogens (tertiary/aromatic N) is 3. The van der Waals surface area contributed by atoms with Gasteiger partial charge in [-0.15, -0.1) is 24.8 Å². The average molecular weight is 625 g/mol. The second-order valence-corrected chi connectivity index (χ2v) is 11.3. The third-order valence-corrected chi connectivity index (χ3v) is 7.09. The first-order valence-corrected chi connectivity index (χ1v) is 13.2. The molecule has 1 heterocycles. The van der Waals surface area contributed by atoms with E-state index in [9.17, 15) is 19.5 Å². The SMILES string of the molecule is CNC(=O)c1cc2c(cc1N(C)C)CN(CC(=O)c1cc(N(C)CCO)c(C(=O)COC)c(C(C)(C)C)c1)C2=N.Cl.Cl. The van der Waals surface area contributed by atoms with Crippen LogP contribution < -0.4 is 15.1 Å². The summed E-state index contributed by atoms with van der Waals surface area (Å²) in [6.45, 7) is 6.32. The number of fused-ring (bicyclic) bond motifs is 1. The molecule has 0 unspecified atom stereocenters. The molecule has 3 N–H and O–H groups in total. The van der Waals surface area contributed by atoms with Crippen LogP contribution in [0, 0.1) is 5.41 Å². The van der Waals surface area contributed by atoms with E-state index in [4.69, 9.17) is 10.1 Å². The van der Waals surface area contributed by atoms with Gasteiger partial charge in [0.15, 0.2) is 11.6 Å². The highest BCUT2D eigenvalue weighted by molar-refractivity contribution is 6.10. The Morgan fingerprint density at radius 3 is 2.21 bits per heavy atom. The van der Waals surface area contributed by atoms with Crippen molar-refractivity contribution in [2.45, 2.75) is 32.7 Å². The summed E-state index contributed by atoms with van der Waals surface area (Å²) in [5.41, 5.74) is 4.39. The highest BCUT2D eigenvalue weighted by Gasteiger charge is 2.31. The number of Topliss-reactive ketones (excluding diaryl/α,β-unsaturated/α-hetero) is 2. The molecule has 12 heteroatoms. The van der Waals surface area contributed by atoms with E-state index in [0.29, 0.717) is 40.0 Å². The molecule has 1 aliphatic rings. The maximum Gasteiger partial charge on any atom is 0.253 e. The molecule has 0 fully saturated rings. The number of amides is 1. The molecule has 2 aromatic rings. The number of halogens is 2. The van der Waals surface area contributed by atoms with Crippen molar-refractivity contribution in [3.05, 3.63) is 57.6 Å². The number of ketones is 2. The van der Waals surface area contributed by atoms with Crippen LogP contribution >= 0.6 is 24.8 Å². The van der Waals surface area contributed by atoms with E-state index >= 15 is 0 Å². The molecule has 42 heavy (non-hydrogen) atoms. The van der Waals surface area contributed by atoms with E-state index < -0.39 is 5.41 Å². The van der Waals surface area contributed by atoms with Crippen molar-refractivity contribution < 1.29 is 24.2 Å². The number of carbonyl (C=O) groups excluding carboxylic acids is 3. The number of amidine groups is 1. The van der Waals surface area contributed by atoms with Gasteiger partial charge < -0.3 is 29.9 Å². The predicted octanol–water partition coefficient (Wildman–Crippen LogP) is 3.53. The summed E-state index contributed by atoms with van der Waals surface area (Å²) in [7, 11) is 8.52. The number of ether oxygens (including phenoxy) is 1. The first-order chi connectivity index (χ1) is 18.7. The molecular weight excluding hydrogens is 581 g/mol. The predicted molar refractivity (Wildman–Crippen MR) is 172 cm³/mol. The van der Waals surface area contributed by atoms with Gasteiger partial charge in [-0.25, -0.2) is 0 Å². The van der Waals surface area contributed by atoms with Crippen LogP contribution in [0.1, 0.15) is 68.5 Å². The van der Waals surface area contributed by atoms with E-state index in [1.54, 1.807) is 42.1 Å². The van der Waals surface area contributed by atoms with Crippen LogP contribution in [0.3, 0.4) is 0 Å². The third-order valence-electron chi connectivity index (χ3n) is 7.09. The van der Waals surface area contributed by atoms with E-state index in [-0.39, 0.29) is 74.4 Å². The summed E-state index contributed by atoms with van der Waals surface area (Å²) in [6.07, 6.45) is 0. The lowest BCUT2D eigenvalue weighted by Gasteiger charge is -2.29. The van der Waals surface area contributed by atoms with Crippen molar-refractivity contribution in [2.24, 2.45) is 0 Å². The van der Waals surface area contributed by atoms with Crippen LogP contribution in [0.2, 0.25) is 0 Å². The van der Waals surface area contributed by atoms with Gasteiger partial charge in [0.25, 0.3) is 5.91 Å². The number of hydrogen-bond donors (Lipinski definition) is 3. The minimum atomic E-state index is -0.459. The number of rotatable bonds is 11. The number of aliphatic hydroxyl groups excluding tert-OH is 1. The molecule has 0 radical (unpaired) electrons. The van der Waals surface area contributed by atoms with Gasteiger partial charge in [0.2, 0.25) is 0 Å². The minimum Gasteiger partial charge on any atom is -0.395 e. The number of methoxy groups -OCH3 is 1. The monoisotopic (exact) mass is 623 g/mol. The number of hydrogen-bond acceptors (Lipinski definition) is 8. The smallest absolute Gasteiger partial charge is 0.253 e. The number of nitrogens with one attached hydrogen (secondary N) is 2. The Morgan fingerprint density at radius 1 is 1.05 bits per heavy atom. The van der Waals surface area contributed by atoms with Crippen molar-refractivity contribution in [2.75, 3.05) is 71.4 Å². The van der Waals surface area contributed by atoms with Crippen LogP contribution in [0.5, 0.6) is 0 Å². The van der Waals surface area contributed by atoms with Gasteiger partial charge in [-0.1, -0.05) is 20.8 Å². The van der Waals surface area contributed by atoms with Gasteiger partial charge in [-0.3, -0.25) is 19.8 Å². The number of benzene rings is 2. The molecule has 0 aromatic heterocycles. The first-order valence-electron chi connectivity index (χ1n) is 13.2. The van der Waals surface area contributed by atoms with Crippen molar-refractivity contribution in [1.82, 2.24) is 10.2 Å². The largest absolute Gasteiger partial charge is 0.395 e. The normalized spacial score (nSPS) is 12.2. The lowest BCUT2D eigenvalue weighted by Crippen LogP contribution is -2.32. The summed E-state index contributed by atoms with van der Waals surface area (Å²) in [5, 5.41) is 21.0. The molecule has 1 aliphatic heterocycles. The number of likely N-dealkylation sites (N-methyl/N-ethyl adjacent to an activating group) is 1. The molecule has 0 atom stereocenters. The quantitative estimate of drug-likeness (QED) is 0.325. The van der Waals surface area contributed by atoms with Gasteiger partial charge in [-0.05, 0) is 40.8 Å². The van der Waals surface area contributed by atoms with Crippen LogP contribution in [0.25, 0.3) is 0 Å². The maximum atomic E-state index is 13.7. The molecule has 1 amide bonds. The van der Waals surface area contributed by atoms with Crippen LogP contribution in [-0.2, 0) is 16.7 Å². The number of aliphatic hydroxyl groups is 1. The topological polar surface area (TPSA) is 126 Å². The van der Waals surface area contributed by atoms with Gasteiger partial charge >= 0.3 is 0 Å². The standard InChI is InChI=1S/C30H41N5O5.2ClH/c1-30(2,3)22-11-18(12-24(34(7)9-10-36)27(22)26(38)17-40-8)25(37)16-35-15-19-13-23(33(5)6)21(29(39)32-4)14-20(19)28(35)31;;/h11-14,31,36H,9-10,15-17H2,1-8H3,(H,32,39);2*1H. The summed E-state index contributed by atoms with van der Waals surface area (Å²) >= 11 is 0. The maximum absolute atomic E-state index is 13.7. The van der Waals surface area contributed by atoms with E-state index in [2.05, 4.69) is 5.32 Å². The summed E-state index contributed by atoms with van der Waals surface area (Å²) < 4.78 is 5.14. The lowest BCUT2D eigenvalue weighted by molar-refractivity contribution is 0.0845. The highest BCUT2D eigenvalue weighted by atomic mass is 35.5. The molecule has 0 bridgehead atoms. The van der Waals surface area contributed by atoms with E-state index in [0.717, 1.165) is 11.3 Å². The zero-order valence-electron chi connectivity index (χ0n) is 25.6. The summed E-state index contributed by atoms with van der Waals surface area (Å²) in [4.78, 5) is 44.7. The van der Waals surface area contributed by atoms with Gasteiger partial charge in [0.1, 0.15) is 12.4 Å². The van der Waals surface area contributed by atoms with Crippen molar-refractivity contribution in [1.29, 1.82) is 5.41 Å². The highest BCUT2D eigenvalue weighted by Crippen LogP contribution is 2.35. The summed E-state index contributed by atoms with van der Waals surface area (Å²) in [6, 6.07) is 7.07. The van der Waals surface area contributed by atoms with Crippen molar-refractivity contribution in [3.63, 3.8) is 0 Å². The number of anilines is 2. The van der Waals surface area contributed by atoms with Crippen molar-refractivity contribution in [3.8, 4) is 0 Å². The fraction of sp³-hybridized carbons (Fsp3) is 0.467. The molecule has 232 valence electrons. The number of carbonyl (C=O) groups is 3.